The zero-order valence-electron chi connectivity index (χ0n) is 10.3. The topological polar surface area (TPSA) is 47.0 Å². The molecule has 2 aromatic rings. The molecule has 1 aliphatic heterocycles. The minimum Gasteiger partial charge on any atom is -0.378 e. The molecule has 1 aromatic heterocycles. The molecule has 1 fully saturated rings. The van der Waals surface area contributed by atoms with Crippen LogP contribution < -0.4 is 5.32 Å². The molecule has 4 heteroatoms. The predicted octanol–water partition coefficient (Wildman–Crippen LogP) is 2.61. The molecule has 1 atom stereocenters. The quantitative estimate of drug-likeness (QED) is 0.896. The van der Waals surface area contributed by atoms with Crippen molar-refractivity contribution >= 4 is 16.9 Å². The first kappa shape index (κ1) is 11.4. The number of ether oxygens (including phenoxy) is 1. The van der Waals surface area contributed by atoms with Gasteiger partial charge in [-0.2, -0.15) is 0 Å². The molecule has 4 nitrogen and oxygen atoms in total. The SMILES string of the molecule is c1ccc2nc(NCCC3CCCO3)ncc2c1. The minimum atomic E-state index is 0.415. The number of benzene rings is 1. The molecule has 0 saturated carbocycles. The second-order valence-corrected chi connectivity index (χ2v) is 4.60. The largest absolute Gasteiger partial charge is 0.378 e. The van der Waals surface area contributed by atoms with Gasteiger partial charge in [0.05, 0.1) is 11.6 Å². The molecule has 0 bridgehead atoms. The Kier molecular flexibility index (Phi) is 3.37. The van der Waals surface area contributed by atoms with Crippen molar-refractivity contribution in [1.82, 2.24) is 9.97 Å². The molecule has 1 unspecified atom stereocenters. The van der Waals surface area contributed by atoms with Crippen molar-refractivity contribution in [1.29, 1.82) is 0 Å². The lowest BCUT2D eigenvalue weighted by atomic mass is 10.2. The van der Waals surface area contributed by atoms with E-state index in [-0.39, 0.29) is 0 Å². The number of hydrogen-bond donors (Lipinski definition) is 1. The molecule has 1 aliphatic rings. The number of nitrogens with one attached hydrogen (secondary N) is 1. The van der Waals surface area contributed by atoms with Crippen LogP contribution in [0.1, 0.15) is 19.3 Å². The highest BCUT2D eigenvalue weighted by Crippen LogP contribution is 2.15. The monoisotopic (exact) mass is 243 g/mol. The van der Waals surface area contributed by atoms with Crippen LogP contribution in [0.5, 0.6) is 0 Å². The van der Waals surface area contributed by atoms with Crippen LogP contribution in [0.2, 0.25) is 0 Å². The molecule has 18 heavy (non-hydrogen) atoms. The number of anilines is 1. The Morgan fingerprint density at radius 2 is 2.28 bits per heavy atom. The highest BCUT2D eigenvalue weighted by atomic mass is 16.5. The van der Waals surface area contributed by atoms with Gasteiger partial charge in [0.25, 0.3) is 0 Å². The molecule has 1 N–H and O–H groups in total. The molecule has 0 spiro atoms. The molecule has 0 radical (unpaired) electrons. The lowest BCUT2D eigenvalue weighted by Crippen LogP contribution is -2.13. The Morgan fingerprint density at radius 3 is 3.17 bits per heavy atom. The van der Waals surface area contributed by atoms with Gasteiger partial charge in [-0.3, -0.25) is 0 Å². The summed E-state index contributed by atoms with van der Waals surface area (Å²) < 4.78 is 5.58. The molecule has 1 aromatic carbocycles. The third-order valence-corrected chi connectivity index (χ3v) is 3.26. The maximum Gasteiger partial charge on any atom is 0.223 e. The van der Waals surface area contributed by atoms with E-state index >= 15 is 0 Å². The van der Waals surface area contributed by atoms with E-state index in [0.717, 1.165) is 30.5 Å². The van der Waals surface area contributed by atoms with Crippen LogP contribution in [0, 0.1) is 0 Å². The molecule has 2 heterocycles. The summed E-state index contributed by atoms with van der Waals surface area (Å²) in [6, 6.07) is 8.01. The number of nitrogens with zero attached hydrogens (tertiary/aromatic N) is 2. The van der Waals surface area contributed by atoms with E-state index < -0.39 is 0 Å². The van der Waals surface area contributed by atoms with E-state index in [2.05, 4.69) is 15.3 Å². The molecular weight excluding hydrogens is 226 g/mol. The number of rotatable bonds is 4. The minimum absolute atomic E-state index is 0.415. The zero-order chi connectivity index (χ0) is 12.2. The molecule has 0 aliphatic carbocycles. The first-order valence-corrected chi connectivity index (χ1v) is 6.49. The standard InChI is InChI=1S/C14H17N3O/c1-2-6-13-11(4-1)10-16-14(17-13)15-8-7-12-5-3-9-18-12/h1-2,4,6,10,12H,3,5,7-9H2,(H,15,16,17). The second kappa shape index (κ2) is 5.31. The third kappa shape index (κ3) is 2.59. The lowest BCUT2D eigenvalue weighted by molar-refractivity contribution is 0.107. The highest BCUT2D eigenvalue weighted by molar-refractivity contribution is 5.78. The summed E-state index contributed by atoms with van der Waals surface area (Å²) in [6.45, 7) is 1.78. The van der Waals surface area contributed by atoms with Crippen LogP contribution in [0.4, 0.5) is 5.95 Å². The van der Waals surface area contributed by atoms with Crippen molar-refractivity contribution in [2.24, 2.45) is 0 Å². The van der Waals surface area contributed by atoms with Gasteiger partial charge in [0.2, 0.25) is 5.95 Å². The molecule has 94 valence electrons. The van der Waals surface area contributed by atoms with Gasteiger partial charge < -0.3 is 10.1 Å². The molecule has 0 amide bonds. The summed E-state index contributed by atoms with van der Waals surface area (Å²) in [5.74, 6) is 0.701. The van der Waals surface area contributed by atoms with Gasteiger partial charge in [-0.15, -0.1) is 0 Å². The maximum atomic E-state index is 5.58. The molecular formula is C14H17N3O. The Bertz CT molecular complexity index is 523. The van der Waals surface area contributed by atoms with E-state index in [1.54, 1.807) is 0 Å². The second-order valence-electron chi connectivity index (χ2n) is 4.60. The van der Waals surface area contributed by atoms with Crippen LogP contribution in [0.15, 0.2) is 30.5 Å². The van der Waals surface area contributed by atoms with Crippen molar-refractivity contribution in [3.05, 3.63) is 30.5 Å². The first-order valence-electron chi connectivity index (χ1n) is 6.49. The Hall–Kier alpha value is -1.68. The summed E-state index contributed by atoms with van der Waals surface area (Å²) in [5.41, 5.74) is 0.979. The zero-order valence-corrected chi connectivity index (χ0v) is 10.3. The van der Waals surface area contributed by atoms with Gasteiger partial charge in [-0.25, -0.2) is 9.97 Å². The van der Waals surface area contributed by atoms with Crippen LogP contribution in [-0.2, 0) is 4.74 Å². The van der Waals surface area contributed by atoms with Gasteiger partial charge in [0, 0.05) is 24.7 Å². The van der Waals surface area contributed by atoms with E-state index in [1.165, 1.54) is 12.8 Å². The third-order valence-electron chi connectivity index (χ3n) is 3.26. The fraction of sp³-hybridized carbons (Fsp3) is 0.429. The van der Waals surface area contributed by atoms with Crippen molar-refractivity contribution in [3.63, 3.8) is 0 Å². The van der Waals surface area contributed by atoms with E-state index in [4.69, 9.17) is 4.74 Å². The summed E-state index contributed by atoms with van der Waals surface area (Å²) in [4.78, 5) is 8.78. The normalized spacial score (nSPS) is 19.2. The van der Waals surface area contributed by atoms with Gasteiger partial charge in [0.15, 0.2) is 0 Å². The number of fused-ring (bicyclic) bond motifs is 1. The Morgan fingerprint density at radius 1 is 1.33 bits per heavy atom. The van der Waals surface area contributed by atoms with Gasteiger partial charge >= 0.3 is 0 Å². The highest BCUT2D eigenvalue weighted by Gasteiger charge is 2.14. The fourth-order valence-electron chi connectivity index (χ4n) is 2.27. The Labute approximate surface area is 106 Å². The average molecular weight is 243 g/mol. The summed E-state index contributed by atoms with van der Waals surface area (Å²) >= 11 is 0. The number of hydrogen-bond acceptors (Lipinski definition) is 4. The first-order chi connectivity index (χ1) is 8.92. The van der Waals surface area contributed by atoms with E-state index in [9.17, 15) is 0 Å². The number of aromatic nitrogens is 2. The lowest BCUT2D eigenvalue weighted by Gasteiger charge is -2.10. The van der Waals surface area contributed by atoms with Crippen LogP contribution in [0.25, 0.3) is 10.9 Å². The van der Waals surface area contributed by atoms with Crippen molar-refractivity contribution < 1.29 is 4.74 Å². The van der Waals surface area contributed by atoms with Crippen molar-refractivity contribution in [2.45, 2.75) is 25.4 Å². The molecule has 1 saturated heterocycles. The predicted molar refractivity (Wildman–Crippen MR) is 71.6 cm³/mol. The van der Waals surface area contributed by atoms with Crippen LogP contribution >= 0.6 is 0 Å². The van der Waals surface area contributed by atoms with Gasteiger partial charge in [-0.1, -0.05) is 18.2 Å². The van der Waals surface area contributed by atoms with Crippen molar-refractivity contribution in [3.8, 4) is 0 Å². The van der Waals surface area contributed by atoms with E-state index in [0.29, 0.717) is 12.1 Å². The van der Waals surface area contributed by atoms with Crippen LogP contribution in [0.3, 0.4) is 0 Å². The summed E-state index contributed by atoms with van der Waals surface area (Å²) in [5, 5.41) is 4.33. The smallest absolute Gasteiger partial charge is 0.223 e. The van der Waals surface area contributed by atoms with Gasteiger partial charge in [0.1, 0.15) is 0 Å². The van der Waals surface area contributed by atoms with E-state index in [1.807, 2.05) is 30.5 Å². The molecule has 3 rings (SSSR count). The average Bonchev–Trinajstić information content (AvgIpc) is 2.92. The Balaban J connectivity index is 1.60. The van der Waals surface area contributed by atoms with Crippen molar-refractivity contribution in [2.75, 3.05) is 18.5 Å². The summed E-state index contributed by atoms with van der Waals surface area (Å²) in [6.07, 6.45) is 5.67. The van der Waals surface area contributed by atoms with Gasteiger partial charge in [-0.05, 0) is 25.3 Å². The summed E-state index contributed by atoms with van der Waals surface area (Å²) in [7, 11) is 0. The maximum absolute atomic E-state index is 5.58. The number of para-hydroxylation sites is 1. The van der Waals surface area contributed by atoms with Crippen LogP contribution in [-0.4, -0.2) is 29.2 Å². The fourth-order valence-corrected chi connectivity index (χ4v) is 2.27.